The molecule has 0 saturated heterocycles. The van der Waals surface area contributed by atoms with Gasteiger partial charge in [-0.25, -0.2) is 13.4 Å². The fourth-order valence-corrected chi connectivity index (χ4v) is 4.62. The van der Waals surface area contributed by atoms with E-state index in [2.05, 4.69) is 10.1 Å². The lowest BCUT2D eigenvalue weighted by atomic mass is 9.98. The van der Waals surface area contributed by atoms with Gasteiger partial charge in [0.25, 0.3) is 0 Å². The number of nitrogens with zero attached hydrogens (tertiary/aromatic N) is 3. The maximum absolute atomic E-state index is 12.5. The Morgan fingerprint density at radius 3 is 2.52 bits per heavy atom. The van der Waals surface area contributed by atoms with Gasteiger partial charge >= 0.3 is 0 Å². The Bertz CT molecular complexity index is 1220. The minimum Gasteiger partial charge on any atom is -0.497 e. The lowest BCUT2D eigenvalue weighted by Crippen LogP contribution is -2.26. The van der Waals surface area contributed by atoms with E-state index < -0.39 is 16.1 Å². The standard InChI is InChI=1S/C21H20ClN3O3S/c1-13-4-6-14(7-5-13)19-12-20(25(24-19)29(3,26)27)17-11-15-10-16(28-2)8-9-18(15)23-21(17)22/h4-11,20H,12H2,1-3H3/t20-/m0/s1. The van der Waals surface area contributed by atoms with Crippen LogP contribution in [0, 0.1) is 6.92 Å². The topological polar surface area (TPSA) is 71.9 Å². The van der Waals surface area contributed by atoms with Gasteiger partial charge in [0, 0.05) is 17.4 Å². The molecule has 0 saturated carbocycles. The van der Waals surface area contributed by atoms with Crippen LogP contribution in [0.4, 0.5) is 0 Å². The number of pyridine rings is 1. The normalized spacial score (nSPS) is 16.9. The van der Waals surface area contributed by atoms with Crippen molar-refractivity contribution in [3.63, 3.8) is 0 Å². The van der Waals surface area contributed by atoms with Gasteiger partial charge < -0.3 is 4.74 Å². The second-order valence-corrected chi connectivity index (χ2v) is 9.29. The molecule has 0 aliphatic carbocycles. The van der Waals surface area contributed by atoms with Gasteiger partial charge in [-0.15, -0.1) is 0 Å². The van der Waals surface area contributed by atoms with Gasteiger partial charge in [0.1, 0.15) is 10.9 Å². The summed E-state index contributed by atoms with van der Waals surface area (Å²) in [6.07, 6.45) is 1.56. The minimum absolute atomic E-state index is 0.265. The minimum atomic E-state index is -3.60. The largest absolute Gasteiger partial charge is 0.497 e. The van der Waals surface area contributed by atoms with Crippen molar-refractivity contribution in [2.75, 3.05) is 13.4 Å². The molecule has 2 heterocycles. The predicted octanol–water partition coefficient (Wildman–Crippen LogP) is 4.32. The zero-order valence-electron chi connectivity index (χ0n) is 16.3. The van der Waals surface area contributed by atoms with Gasteiger partial charge in [-0.05, 0) is 36.8 Å². The van der Waals surface area contributed by atoms with Crippen molar-refractivity contribution in [3.8, 4) is 5.75 Å². The molecule has 3 aromatic rings. The van der Waals surface area contributed by atoms with Crippen molar-refractivity contribution in [1.82, 2.24) is 9.40 Å². The highest BCUT2D eigenvalue weighted by Gasteiger charge is 2.36. The number of methoxy groups -OCH3 is 1. The van der Waals surface area contributed by atoms with E-state index >= 15 is 0 Å². The Morgan fingerprint density at radius 2 is 1.86 bits per heavy atom. The van der Waals surface area contributed by atoms with Gasteiger partial charge in [0.15, 0.2) is 0 Å². The van der Waals surface area contributed by atoms with Crippen LogP contribution in [0.3, 0.4) is 0 Å². The highest BCUT2D eigenvalue weighted by molar-refractivity contribution is 7.88. The van der Waals surface area contributed by atoms with E-state index in [0.29, 0.717) is 29.0 Å². The summed E-state index contributed by atoms with van der Waals surface area (Å²) in [7, 11) is -2.00. The number of hydrazone groups is 1. The van der Waals surface area contributed by atoms with Crippen LogP contribution in [0.2, 0.25) is 5.15 Å². The first-order valence-corrected chi connectivity index (χ1v) is 11.3. The molecule has 150 valence electrons. The second kappa shape index (κ2) is 7.31. The molecule has 0 bridgehead atoms. The van der Waals surface area contributed by atoms with Crippen molar-refractivity contribution in [2.24, 2.45) is 5.10 Å². The van der Waals surface area contributed by atoms with Gasteiger partial charge in [-0.2, -0.15) is 9.52 Å². The maximum atomic E-state index is 12.5. The molecule has 0 amide bonds. The molecule has 1 aliphatic rings. The molecule has 29 heavy (non-hydrogen) atoms. The molecule has 1 aliphatic heterocycles. The summed E-state index contributed by atoms with van der Waals surface area (Å²) in [4.78, 5) is 4.46. The van der Waals surface area contributed by atoms with E-state index in [1.165, 1.54) is 0 Å². The van der Waals surface area contributed by atoms with E-state index in [0.717, 1.165) is 27.2 Å². The van der Waals surface area contributed by atoms with Crippen LogP contribution in [0.25, 0.3) is 10.9 Å². The van der Waals surface area contributed by atoms with E-state index in [4.69, 9.17) is 16.3 Å². The summed E-state index contributed by atoms with van der Waals surface area (Å²) < 4.78 is 31.3. The van der Waals surface area contributed by atoms with Crippen LogP contribution in [0.1, 0.15) is 29.2 Å². The molecule has 2 aromatic carbocycles. The van der Waals surface area contributed by atoms with E-state index in [1.54, 1.807) is 7.11 Å². The van der Waals surface area contributed by atoms with Gasteiger partial charge in [0.2, 0.25) is 10.0 Å². The third-order valence-corrected chi connectivity index (χ3v) is 6.28. The first kappa shape index (κ1) is 19.7. The number of hydrogen-bond acceptors (Lipinski definition) is 5. The van der Waals surface area contributed by atoms with E-state index in [1.807, 2.05) is 55.5 Å². The molecular formula is C21H20ClN3O3S. The average Bonchev–Trinajstić information content (AvgIpc) is 3.13. The summed E-state index contributed by atoms with van der Waals surface area (Å²) in [5, 5.41) is 5.51. The summed E-state index contributed by atoms with van der Waals surface area (Å²) >= 11 is 6.47. The second-order valence-electron chi connectivity index (χ2n) is 7.10. The number of fused-ring (bicyclic) bond motifs is 1. The van der Waals surface area contributed by atoms with Crippen molar-refractivity contribution in [2.45, 2.75) is 19.4 Å². The number of halogens is 1. The summed E-state index contributed by atoms with van der Waals surface area (Å²) in [5.74, 6) is 0.690. The molecule has 0 unspecified atom stereocenters. The Hall–Kier alpha value is -2.64. The number of ether oxygens (including phenoxy) is 1. The molecular weight excluding hydrogens is 410 g/mol. The number of sulfonamides is 1. The zero-order chi connectivity index (χ0) is 20.8. The Kier molecular flexibility index (Phi) is 4.96. The molecule has 6 nitrogen and oxygen atoms in total. The smallest absolute Gasteiger partial charge is 0.247 e. The number of hydrogen-bond donors (Lipinski definition) is 0. The number of aromatic nitrogens is 1. The Labute approximate surface area is 174 Å². The predicted molar refractivity (Wildman–Crippen MR) is 115 cm³/mol. The SMILES string of the molecule is COc1ccc2nc(Cl)c([C@@H]3CC(c4ccc(C)cc4)=NN3S(C)(=O)=O)cc2c1. The van der Waals surface area contributed by atoms with Gasteiger partial charge in [0.05, 0.1) is 30.6 Å². The molecule has 0 N–H and O–H groups in total. The van der Waals surface area contributed by atoms with E-state index in [9.17, 15) is 8.42 Å². The quantitative estimate of drug-likeness (QED) is 0.579. The van der Waals surface area contributed by atoms with Crippen LogP contribution in [-0.4, -0.2) is 36.9 Å². The third-order valence-electron chi connectivity index (χ3n) is 4.96. The van der Waals surface area contributed by atoms with Crippen LogP contribution in [0.5, 0.6) is 5.75 Å². The van der Waals surface area contributed by atoms with Crippen molar-refractivity contribution in [3.05, 3.63) is 70.4 Å². The fourth-order valence-electron chi connectivity index (χ4n) is 3.45. The first-order valence-electron chi connectivity index (χ1n) is 9.04. The highest BCUT2D eigenvalue weighted by atomic mass is 35.5. The molecule has 0 radical (unpaired) electrons. The average molecular weight is 430 g/mol. The highest BCUT2D eigenvalue weighted by Crippen LogP contribution is 2.38. The molecule has 1 aromatic heterocycles. The van der Waals surface area contributed by atoms with Crippen LogP contribution in [-0.2, 0) is 10.0 Å². The van der Waals surface area contributed by atoms with Gasteiger partial charge in [-0.1, -0.05) is 41.4 Å². The Morgan fingerprint density at radius 1 is 1.14 bits per heavy atom. The molecule has 1 atom stereocenters. The first-order chi connectivity index (χ1) is 13.8. The fraction of sp³-hybridized carbons (Fsp3) is 0.238. The van der Waals surface area contributed by atoms with Crippen molar-refractivity contribution >= 4 is 38.2 Å². The number of rotatable bonds is 4. The third kappa shape index (κ3) is 3.80. The van der Waals surface area contributed by atoms with Crippen molar-refractivity contribution < 1.29 is 13.2 Å². The van der Waals surface area contributed by atoms with Crippen LogP contribution < -0.4 is 4.74 Å². The van der Waals surface area contributed by atoms with Crippen LogP contribution in [0.15, 0.2) is 53.6 Å². The lowest BCUT2D eigenvalue weighted by Gasteiger charge is -2.22. The maximum Gasteiger partial charge on any atom is 0.247 e. The van der Waals surface area contributed by atoms with Gasteiger partial charge in [-0.3, -0.25) is 0 Å². The van der Waals surface area contributed by atoms with Crippen molar-refractivity contribution in [1.29, 1.82) is 0 Å². The summed E-state index contributed by atoms with van der Waals surface area (Å²) in [5.41, 5.74) is 4.03. The molecule has 8 heteroatoms. The van der Waals surface area contributed by atoms with Crippen LogP contribution >= 0.6 is 11.6 Å². The lowest BCUT2D eigenvalue weighted by molar-refractivity contribution is 0.374. The Balaban J connectivity index is 1.80. The molecule has 0 spiro atoms. The molecule has 4 rings (SSSR count). The number of aryl methyl sites for hydroxylation is 1. The molecule has 0 fully saturated rings. The number of benzene rings is 2. The monoisotopic (exact) mass is 429 g/mol. The summed E-state index contributed by atoms with van der Waals surface area (Å²) in [6, 6.07) is 14.6. The summed E-state index contributed by atoms with van der Waals surface area (Å²) in [6.45, 7) is 2.00. The zero-order valence-corrected chi connectivity index (χ0v) is 17.8. The van der Waals surface area contributed by atoms with E-state index in [-0.39, 0.29) is 5.15 Å².